The second-order valence-electron chi connectivity index (χ2n) is 4.71. The lowest BCUT2D eigenvalue weighted by molar-refractivity contribution is 0.191. The number of methoxy groups -OCH3 is 1. The number of hydrogen-bond donors (Lipinski definition) is 2. The van der Waals surface area contributed by atoms with Gasteiger partial charge < -0.3 is 15.8 Å². The summed E-state index contributed by atoms with van der Waals surface area (Å²) in [6.45, 7) is 8.97. The van der Waals surface area contributed by atoms with E-state index in [-0.39, 0.29) is 0 Å². The lowest BCUT2D eigenvalue weighted by atomic mass is 10.2. The van der Waals surface area contributed by atoms with E-state index in [0.29, 0.717) is 12.1 Å². The summed E-state index contributed by atoms with van der Waals surface area (Å²) < 4.78 is 7.01. The van der Waals surface area contributed by atoms with Gasteiger partial charge in [-0.25, -0.2) is 4.68 Å². The molecule has 0 aliphatic carbocycles. The van der Waals surface area contributed by atoms with E-state index in [1.807, 2.05) is 11.6 Å². The third-order valence-electron chi connectivity index (χ3n) is 2.76. The third-order valence-corrected chi connectivity index (χ3v) is 2.76. The molecule has 3 N–H and O–H groups in total. The zero-order chi connectivity index (χ0) is 13.0. The summed E-state index contributed by atoms with van der Waals surface area (Å²) in [4.78, 5) is 0. The summed E-state index contributed by atoms with van der Waals surface area (Å²) in [7, 11) is 1.71. The minimum absolute atomic E-state index is 0.295. The molecule has 0 saturated carbocycles. The maximum Gasteiger partial charge on any atom is 0.148 e. The predicted octanol–water partition coefficient (Wildman–Crippen LogP) is 2.19. The average Bonchev–Trinajstić information content (AvgIpc) is 2.54. The molecule has 1 atom stereocenters. The van der Waals surface area contributed by atoms with Crippen molar-refractivity contribution in [3.8, 4) is 0 Å². The van der Waals surface area contributed by atoms with Crippen LogP contribution in [0.2, 0.25) is 0 Å². The highest BCUT2D eigenvalue weighted by Gasteiger charge is 2.16. The molecular formula is C12H24N4O. The van der Waals surface area contributed by atoms with Crippen LogP contribution < -0.4 is 11.1 Å². The molecule has 0 bridgehead atoms. The van der Waals surface area contributed by atoms with Gasteiger partial charge in [-0.3, -0.25) is 0 Å². The third kappa shape index (κ3) is 3.36. The maximum atomic E-state index is 6.04. The first-order valence-electron chi connectivity index (χ1n) is 6.07. The van der Waals surface area contributed by atoms with Crippen LogP contribution in [0.1, 0.15) is 38.9 Å². The highest BCUT2D eigenvalue weighted by molar-refractivity contribution is 5.65. The molecule has 98 valence electrons. The summed E-state index contributed by atoms with van der Waals surface area (Å²) in [6.07, 6.45) is 0.943. The van der Waals surface area contributed by atoms with Crippen molar-refractivity contribution in [2.45, 2.75) is 46.2 Å². The molecule has 0 amide bonds. The molecule has 1 heterocycles. The quantitative estimate of drug-likeness (QED) is 0.800. The number of aromatic nitrogens is 2. The van der Waals surface area contributed by atoms with E-state index < -0.39 is 0 Å². The number of anilines is 2. The van der Waals surface area contributed by atoms with Crippen LogP contribution >= 0.6 is 0 Å². The van der Waals surface area contributed by atoms with Gasteiger partial charge in [0, 0.05) is 25.8 Å². The van der Waals surface area contributed by atoms with Crippen molar-refractivity contribution in [2.75, 3.05) is 24.8 Å². The number of ether oxygens (including phenoxy) is 1. The molecule has 0 aromatic carbocycles. The fourth-order valence-corrected chi connectivity index (χ4v) is 1.68. The van der Waals surface area contributed by atoms with Crippen LogP contribution in [0, 0.1) is 6.92 Å². The van der Waals surface area contributed by atoms with Gasteiger partial charge in [0.25, 0.3) is 0 Å². The number of nitrogens with zero attached hydrogens (tertiary/aromatic N) is 2. The lowest BCUT2D eigenvalue weighted by Crippen LogP contribution is -2.21. The Labute approximate surface area is 103 Å². The maximum absolute atomic E-state index is 6.04. The highest BCUT2D eigenvalue weighted by Crippen LogP contribution is 2.26. The molecule has 0 aliphatic rings. The van der Waals surface area contributed by atoms with Crippen LogP contribution in [-0.2, 0) is 4.74 Å². The Kier molecular flexibility index (Phi) is 4.81. The number of nitrogen functional groups attached to an aromatic ring is 1. The second kappa shape index (κ2) is 5.91. The van der Waals surface area contributed by atoms with Crippen LogP contribution in [0.25, 0.3) is 0 Å². The molecule has 1 aromatic rings. The van der Waals surface area contributed by atoms with Gasteiger partial charge >= 0.3 is 0 Å². The summed E-state index contributed by atoms with van der Waals surface area (Å²) in [5.74, 6) is 0.918. The first-order valence-corrected chi connectivity index (χ1v) is 6.07. The van der Waals surface area contributed by atoms with Crippen molar-refractivity contribution in [1.29, 1.82) is 0 Å². The summed E-state index contributed by atoms with van der Waals surface area (Å²) in [5, 5.41) is 7.85. The molecular weight excluding hydrogens is 216 g/mol. The Hall–Kier alpha value is -1.23. The summed E-state index contributed by atoms with van der Waals surface area (Å²) in [5.41, 5.74) is 7.66. The first kappa shape index (κ1) is 13.8. The van der Waals surface area contributed by atoms with Crippen LogP contribution in [-0.4, -0.2) is 29.5 Å². The van der Waals surface area contributed by atoms with Gasteiger partial charge in [-0.1, -0.05) is 0 Å². The number of nitrogens with two attached hydrogens (primary N) is 1. The molecule has 1 unspecified atom stereocenters. The van der Waals surface area contributed by atoms with Crippen molar-refractivity contribution in [3.05, 3.63) is 5.69 Å². The number of hydrogen-bond acceptors (Lipinski definition) is 4. The summed E-state index contributed by atoms with van der Waals surface area (Å²) in [6, 6.07) is 0.606. The van der Waals surface area contributed by atoms with Gasteiger partial charge in [-0.2, -0.15) is 5.10 Å². The standard InChI is InChI=1S/C12H24N4O/c1-8(2)16-12(11(13)10(4)15-16)14-9(3)6-7-17-5/h8-9,14H,6-7,13H2,1-5H3. The zero-order valence-electron chi connectivity index (χ0n) is 11.4. The number of aryl methyl sites for hydroxylation is 1. The van der Waals surface area contributed by atoms with Crippen molar-refractivity contribution in [3.63, 3.8) is 0 Å². The van der Waals surface area contributed by atoms with Gasteiger partial charge in [-0.05, 0) is 34.1 Å². The Morgan fingerprint density at radius 1 is 1.41 bits per heavy atom. The van der Waals surface area contributed by atoms with Crippen LogP contribution in [0.4, 0.5) is 11.5 Å². The van der Waals surface area contributed by atoms with Crippen LogP contribution in [0.15, 0.2) is 0 Å². The van der Waals surface area contributed by atoms with E-state index in [0.717, 1.165) is 30.2 Å². The SMILES string of the molecule is COCCC(C)Nc1c(N)c(C)nn1C(C)C. The molecule has 5 nitrogen and oxygen atoms in total. The lowest BCUT2D eigenvalue weighted by Gasteiger charge is -2.18. The van der Waals surface area contributed by atoms with Crippen molar-refractivity contribution in [1.82, 2.24) is 9.78 Å². The molecule has 0 radical (unpaired) electrons. The largest absolute Gasteiger partial charge is 0.394 e. The van der Waals surface area contributed by atoms with Gasteiger partial charge in [-0.15, -0.1) is 0 Å². The smallest absolute Gasteiger partial charge is 0.148 e. The van der Waals surface area contributed by atoms with Gasteiger partial charge in [0.05, 0.1) is 11.4 Å². The Morgan fingerprint density at radius 2 is 2.06 bits per heavy atom. The number of rotatable bonds is 6. The fraction of sp³-hybridized carbons (Fsp3) is 0.750. The van der Waals surface area contributed by atoms with Crippen molar-refractivity contribution < 1.29 is 4.74 Å². The minimum Gasteiger partial charge on any atom is -0.394 e. The van der Waals surface area contributed by atoms with E-state index in [1.165, 1.54) is 0 Å². The van der Waals surface area contributed by atoms with Crippen molar-refractivity contribution in [2.24, 2.45) is 0 Å². The van der Waals surface area contributed by atoms with E-state index in [4.69, 9.17) is 10.5 Å². The molecule has 5 heteroatoms. The molecule has 0 fully saturated rings. The monoisotopic (exact) mass is 240 g/mol. The van der Waals surface area contributed by atoms with Crippen LogP contribution in [0.5, 0.6) is 0 Å². The van der Waals surface area contributed by atoms with E-state index >= 15 is 0 Å². The second-order valence-corrected chi connectivity index (χ2v) is 4.71. The molecule has 0 spiro atoms. The Bertz CT molecular complexity index is 360. The van der Waals surface area contributed by atoms with Gasteiger partial charge in [0.1, 0.15) is 5.82 Å². The van der Waals surface area contributed by atoms with Crippen molar-refractivity contribution >= 4 is 11.5 Å². The molecule has 1 aromatic heterocycles. The van der Waals surface area contributed by atoms with E-state index in [2.05, 4.69) is 31.2 Å². The predicted molar refractivity (Wildman–Crippen MR) is 71.3 cm³/mol. The Morgan fingerprint density at radius 3 is 2.59 bits per heavy atom. The molecule has 1 rings (SSSR count). The van der Waals surface area contributed by atoms with Crippen LogP contribution in [0.3, 0.4) is 0 Å². The normalized spacial score (nSPS) is 13.1. The van der Waals surface area contributed by atoms with Gasteiger partial charge in [0.15, 0.2) is 0 Å². The summed E-state index contributed by atoms with van der Waals surface area (Å²) >= 11 is 0. The Balaban J connectivity index is 2.81. The molecule has 0 aliphatic heterocycles. The minimum atomic E-state index is 0.295. The zero-order valence-corrected chi connectivity index (χ0v) is 11.4. The highest BCUT2D eigenvalue weighted by atomic mass is 16.5. The molecule has 0 saturated heterocycles. The topological polar surface area (TPSA) is 65.1 Å². The average molecular weight is 240 g/mol. The number of nitrogens with one attached hydrogen (secondary N) is 1. The van der Waals surface area contributed by atoms with E-state index in [9.17, 15) is 0 Å². The first-order chi connectivity index (χ1) is 7.97. The van der Waals surface area contributed by atoms with Gasteiger partial charge in [0.2, 0.25) is 0 Å². The van der Waals surface area contributed by atoms with E-state index in [1.54, 1.807) is 7.11 Å². The molecule has 17 heavy (non-hydrogen) atoms. The fourth-order valence-electron chi connectivity index (χ4n) is 1.68.